The molecule has 30 heteroatoms. The van der Waals surface area contributed by atoms with Gasteiger partial charge >= 0.3 is 147 Å². The molecule has 27 nitrogen and oxygen atoms in total. The van der Waals surface area contributed by atoms with Crippen LogP contribution in [-0.2, 0) is 85.3 Å². The van der Waals surface area contributed by atoms with Gasteiger partial charge in [-0.3, -0.25) is 23.7 Å². The molecule has 0 aromatic rings. The van der Waals surface area contributed by atoms with Crippen molar-refractivity contribution in [3.8, 4) is 0 Å². The molecule has 4 aliphatic rings. The Balaban J connectivity index is -0.000000362. The Morgan fingerprint density at radius 3 is 1.18 bits per heavy atom. The van der Waals surface area contributed by atoms with Crippen molar-refractivity contribution in [1.29, 1.82) is 0 Å². The van der Waals surface area contributed by atoms with E-state index in [2.05, 4.69) is 30.3 Å². The van der Waals surface area contributed by atoms with Gasteiger partial charge in [-0.2, -0.15) is 0 Å². The summed E-state index contributed by atoms with van der Waals surface area (Å²) >= 11 is 0. The average Bonchev–Trinajstić information content (AvgIpc) is 1.92. The number of hydrogen-bond donors (Lipinski definition) is 4. The topological polar surface area (TPSA) is 391 Å². The number of carbonyl (C=O) groups is 11. The van der Waals surface area contributed by atoms with Gasteiger partial charge < -0.3 is 80.6 Å². The van der Waals surface area contributed by atoms with Gasteiger partial charge in [0.05, 0.1) is 27.4 Å². The van der Waals surface area contributed by atoms with Gasteiger partial charge in [-0.25, -0.2) is 28.8 Å². The van der Waals surface area contributed by atoms with Crippen LogP contribution in [0.1, 0.15) is 206 Å². The zero-order valence-electron chi connectivity index (χ0n) is 58.4. The Kier molecular flexibility index (Phi) is 56.3. The molecule has 0 aromatic carbocycles. The molecule has 1 unspecified atom stereocenters. The Labute approximate surface area is 631 Å². The number of hydrogen-bond acceptors (Lipinski definition) is 22. The molecule has 0 bridgehead atoms. The third-order valence-electron chi connectivity index (χ3n) is 12.9. The molecule has 5 N–H and O–H groups in total. The first kappa shape index (κ1) is 95.5. The fourth-order valence-corrected chi connectivity index (χ4v) is 10.3. The summed E-state index contributed by atoms with van der Waals surface area (Å²) in [5, 5.41) is 24.7. The maximum absolute atomic E-state index is 12.3. The Bertz CT molecular complexity index is 2260. The summed E-state index contributed by atoms with van der Waals surface area (Å²) in [6.07, 6.45) is 21.7. The fraction of sp³-hybridized carbons (Fsp3) is 0.758. The number of ketones is 3. The van der Waals surface area contributed by atoms with Crippen molar-refractivity contribution in [3.63, 3.8) is 0 Å². The third-order valence-corrected chi connectivity index (χ3v) is 14.9. The number of esters is 2. The van der Waals surface area contributed by atoms with E-state index in [1.54, 1.807) is 88.3 Å². The molecule has 4 fully saturated rings. The second-order valence-electron chi connectivity index (χ2n) is 24.4. The van der Waals surface area contributed by atoms with Crippen LogP contribution in [0.2, 0.25) is 0 Å². The molecule has 1 aliphatic heterocycles. The molecule has 0 aromatic heterocycles. The number of methoxy groups -OCH3 is 2. The van der Waals surface area contributed by atoms with Crippen molar-refractivity contribution in [3.05, 3.63) is 30.0 Å². The normalized spacial score (nSPS) is 16.6. The van der Waals surface area contributed by atoms with Crippen molar-refractivity contribution in [2.24, 2.45) is 17.8 Å². The monoisotopic (exact) mass is 1380 g/mol. The van der Waals surface area contributed by atoms with Crippen molar-refractivity contribution >= 4 is 73.9 Å². The molecule has 3 amide bonds. The van der Waals surface area contributed by atoms with Gasteiger partial charge in [-0.05, 0) is 177 Å². The van der Waals surface area contributed by atoms with E-state index in [1.807, 2.05) is 12.2 Å². The van der Waals surface area contributed by atoms with Gasteiger partial charge in [-0.15, -0.1) is 0 Å². The van der Waals surface area contributed by atoms with Crippen LogP contribution in [0.3, 0.4) is 0 Å². The minimum atomic E-state index is -3.50. The minimum absolute atomic E-state index is 0. The van der Waals surface area contributed by atoms with Crippen LogP contribution in [0.4, 0.5) is 14.4 Å². The van der Waals surface area contributed by atoms with Gasteiger partial charge in [0.25, 0.3) is 6.47 Å². The van der Waals surface area contributed by atoms with Crippen molar-refractivity contribution < 1.29 is 214 Å². The van der Waals surface area contributed by atoms with Crippen molar-refractivity contribution in [2.45, 2.75) is 246 Å². The second-order valence-corrected chi connectivity index (χ2v) is 26.4. The van der Waals surface area contributed by atoms with Gasteiger partial charge in [0, 0.05) is 31.8 Å². The van der Waals surface area contributed by atoms with Crippen LogP contribution in [0.25, 0.3) is 5.73 Å². The van der Waals surface area contributed by atoms with Crippen molar-refractivity contribution in [1.82, 2.24) is 16.0 Å². The number of ether oxygens (including phenoxy) is 6. The van der Waals surface area contributed by atoms with E-state index in [1.165, 1.54) is 52.7 Å². The number of amides is 3. The van der Waals surface area contributed by atoms with Crippen LogP contribution >= 0.6 is 7.60 Å². The average molecular weight is 1380 g/mol. The zero-order valence-corrected chi connectivity index (χ0v) is 64.5. The molecule has 0 spiro atoms. The quantitative estimate of drug-likeness (QED) is 0.0132. The summed E-state index contributed by atoms with van der Waals surface area (Å²) in [7, 11) is -1.08. The van der Waals surface area contributed by atoms with Crippen molar-refractivity contribution in [2.75, 3.05) is 40.2 Å². The van der Waals surface area contributed by atoms with E-state index in [-0.39, 0.29) is 180 Å². The number of nitrogens with one attached hydrogen (secondary N) is 4. The van der Waals surface area contributed by atoms with Crippen LogP contribution in [0, 0.1) is 17.8 Å². The molecular formula is C62H106K2N4O23P-. The second kappa shape index (κ2) is 54.2. The van der Waals surface area contributed by atoms with Gasteiger partial charge in [0.15, 0.2) is 11.6 Å². The molecule has 520 valence electrons. The fourth-order valence-electron chi connectivity index (χ4n) is 8.71. The SMILES string of the molecule is CC(C)(C)OC(=O)N[C@@H](CCC(=O)/C=C/C1CCCC1)C(=O)O.CCOP(=O)(CC(=O)CC[C@H](NC(=O)OC(C)(C)C)C(=O)OC)OCC.COC(=O)[C@H](CCC(=O)/C=C/C1CCCC1)NC(=O)OC(C)(C)C.O=CC1CCCC1.O=CO[O-].[H-].[K+].[K+].[NH-]C1CCCO1. The van der Waals surface area contributed by atoms with Crippen LogP contribution in [0.5, 0.6) is 0 Å². The summed E-state index contributed by atoms with van der Waals surface area (Å²) in [6, 6.07) is -3.08. The summed E-state index contributed by atoms with van der Waals surface area (Å²) in [5.74, 6) is -1.68. The smallest absolute Gasteiger partial charge is 1.00 e. The number of alkyl carbamates (subject to hydrolysis) is 3. The summed E-state index contributed by atoms with van der Waals surface area (Å²) < 4.78 is 51.8. The van der Waals surface area contributed by atoms with Gasteiger partial charge in [-0.1, -0.05) is 50.7 Å². The largest absolute Gasteiger partial charge is 1.00 e. The number of carbonyl (C=O) groups excluding carboxylic acids is 10. The first-order chi connectivity index (χ1) is 42.1. The molecule has 0 radical (unpaired) electrons. The third kappa shape index (κ3) is 54.3. The van der Waals surface area contributed by atoms with Crippen LogP contribution in [0.15, 0.2) is 24.3 Å². The zero-order chi connectivity index (χ0) is 68.9. The van der Waals surface area contributed by atoms with Gasteiger partial charge in [0.2, 0.25) is 0 Å². The van der Waals surface area contributed by atoms with E-state index in [0.717, 1.165) is 64.3 Å². The number of allylic oxidation sites excluding steroid dienone is 4. The number of rotatable bonds is 27. The van der Waals surface area contributed by atoms with Crippen LogP contribution in [-0.4, -0.2) is 153 Å². The first-order valence-corrected chi connectivity index (χ1v) is 32.5. The van der Waals surface area contributed by atoms with E-state index in [4.69, 9.17) is 48.9 Å². The number of aliphatic carboxylic acids is 1. The van der Waals surface area contributed by atoms with E-state index >= 15 is 0 Å². The number of carboxylic acid groups (broad SMARTS) is 1. The number of Topliss-reactive ketones (excluding diaryl/α,β-unsaturated/α-hetero) is 1. The number of aldehydes is 1. The molecule has 3 saturated carbocycles. The van der Waals surface area contributed by atoms with Gasteiger partial charge in [0.1, 0.15) is 53.2 Å². The molecule has 1 heterocycles. The Hall–Kier alpha value is -2.85. The molecule has 92 heavy (non-hydrogen) atoms. The molecule has 4 atom stereocenters. The molecule has 4 rings (SSSR count). The standard InChI is InChI=1S/C18H29NO5.C17H27NO5.C16H30NO8P.C6H10O.C4H8NO.CH2O3.2K.H/c1-18(2,3)24-17(22)19-15(16(21)23-4)12-11-14(20)10-9-13-7-5-6-8-13;1-17(2,3)23-16(22)18-14(15(20)21)11-10-13(19)9-8-12-6-4-5-7-12;1-7-23-26(21,24-8-2)11-12(18)9-10-13(14(19)22-6)17-15(20)25-16(3,4)5;7-5-6-3-1-2-4-6;5-4-2-1-3-6-4;2-1-4-3;;;/h9-10,13,15H,5-8,11-12H2,1-4H3,(H,19,22);8-9,12,14H,4-7,10-11H2,1-3H3,(H,18,22)(H,20,21);13H,7-11H2,1-6H3,(H,17,20);5-6H,1-4H2;4-5H,1-3H2;1,3H;;;/q;;;;-1;;2*+1;-1/p-1/b10-9+;9-8+;;;;;;;/t15-;14-;13-;;;;;;/m000....../s1. The molecule has 1 saturated heterocycles. The predicted octanol–water partition coefficient (Wildman–Crippen LogP) is 3.98. The maximum atomic E-state index is 12.3. The minimum Gasteiger partial charge on any atom is -1.00 e. The molecule has 3 aliphatic carbocycles. The predicted molar refractivity (Wildman–Crippen MR) is 331 cm³/mol. The summed E-state index contributed by atoms with van der Waals surface area (Å²) in [6.45, 7) is 19.5. The van der Waals surface area contributed by atoms with E-state index in [9.17, 15) is 52.5 Å². The summed E-state index contributed by atoms with van der Waals surface area (Å²) in [5.41, 5.74) is 4.81. The number of carboxylic acids is 1. The Morgan fingerprint density at radius 2 is 0.924 bits per heavy atom. The van der Waals surface area contributed by atoms with E-state index < -0.39 is 90.7 Å². The molecular weight excluding hydrogens is 1280 g/mol. The summed E-state index contributed by atoms with van der Waals surface area (Å²) in [4.78, 5) is 127. The first-order valence-electron chi connectivity index (χ1n) is 30.8. The maximum Gasteiger partial charge on any atom is 1.00 e. The Morgan fingerprint density at radius 1 is 0.587 bits per heavy atom. The van der Waals surface area contributed by atoms with Crippen LogP contribution < -0.4 is 124 Å². The van der Waals surface area contributed by atoms with E-state index in [0.29, 0.717) is 17.8 Å².